The lowest BCUT2D eigenvalue weighted by Crippen LogP contribution is -2.24. The quantitative estimate of drug-likeness (QED) is 0.665. The van der Waals surface area contributed by atoms with Crippen molar-refractivity contribution in [2.75, 3.05) is 5.75 Å². The first-order valence-corrected chi connectivity index (χ1v) is 9.55. The van der Waals surface area contributed by atoms with Gasteiger partial charge in [-0.3, -0.25) is 4.79 Å². The van der Waals surface area contributed by atoms with Crippen LogP contribution in [0.15, 0.2) is 33.9 Å². The fraction of sp³-hybridized carbons (Fsp3) is 0.294. The largest absolute Gasteiger partial charge is 0.410 e. The van der Waals surface area contributed by atoms with E-state index >= 15 is 0 Å². The molecule has 1 amide bonds. The minimum Gasteiger partial charge on any atom is -0.410 e. The standard InChI is InChI=1S/C17H18N4O2S2/c1-10-6-4-5-7-13(10)8-18-14(22)9-24-17-21-20-16(23-17)15-11(2)19-12(3)25-15/h4-7H,8-9H2,1-3H3,(H,18,22). The molecule has 2 aromatic heterocycles. The van der Waals surface area contributed by atoms with Crippen LogP contribution in [0, 0.1) is 20.8 Å². The summed E-state index contributed by atoms with van der Waals surface area (Å²) in [5.41, 5.74) is 3.14. The molecule has 1 N–H and O–H groups in total. The Morgan fingerprint density at radius 2 is 2.04 bits per heavy atom. The summed E-state index contributed by atoms with van der Waals surface area (Å²) in [5.74, 6) is 0.609. The van der Waals surface area contributed by atoms with Gasteiger partial charge in [-0.05, 0) is 31.9 Å². The van der Waals surface area contributed by atoms with Crippen molar-refractivity contribution in [1.29, 1.82) is 0 Å². The average Bonchev–Trinajstić information content (AvgIpc) is 3.18. The molecule has 0 saturated heterocycles. The van der Waals surface area contributed by atoms with Crippen molar-refractivity contribution in [2.45, 2.75) is 32.5 Å². The van der Waals surface area contributed by atoms with E-state index in [1.54, 1.807) is 0 Å². The first-order valence-electron chi connectivity index (χ1n) is 7.75. The Morgan fingerprint density at radius 3 is 2.76 bits per heavy atom. The predicted molar refractivity (Wildman–Crippen MR) is 98.6 cm³/mol. The maximum absolute atomic E-state index is 12.0. The van der Waals surface area contributed by atoms with Gasteiger partial charge in [0.05, 0.1) is 16.5 Å². The third kappa shape index (κ3) is 4.46. The van der Waals surface area contributed by atoms with Crippen LogP contribution in [0.3, 0.4) is 0 Å². The second kappa shape index (κ2) is 7.79. The molecule has 0 aliphatic rings. The van der Waals surface area contributed by atoms with Crippen LogP contribution in [-0.4, -0.2) is 26.8 Å². The number of benzene rings is 1. The van der Waals surface area contributed by atoms with Crippen LogP contribution in [0.25, 0.3) is 10.8 Å². The minimum atomic E-state index is -0.0715. The molecule has 0 aliphatic carbocycles. The molecule has 3 rings (SSSR count). The fourth-order valence-corrected chi connectivity index (χ4v) is 3.70. The molecule has 25 heavy (non-hydrogen) atoms. The molecule has 2 heterocycles. The number of hydrogen-bond donors (Lipinski definition) is 1. The topological polar surface area (TPSA) is 80.9 Å². The van der Waals surface area contributed by atoms with Crippen LogP contribution in [0.4, 0.5) is 0 Å². The zero-order valence-electron chi connectivity index (χ0n) is 14.2. The number of carbonyl (C=O) groups is 1. The molecule has 8 heteroatoms. The molecule has 130 valence electrons. The van der Waals surface area contributed by atoms with Crippen molar-refractivity contribution in [1.82, 2.24) is 20.5 Å². The smallest absolute Gasteiger partial charge is 0.277 e. The maximum atomic E-state index is 12.0. The number of hydrogen-bond acceptors (Lipinski definition) is 7. The van der Waals surface area contributed by atoms with Gasteiger partial charge >= 0.3 is 0 Å². The second-order valence-electron chi connectivity index (χ2n) is 5.51. The van der Waals surface area contributed by atoms with Crippen LogP contribution in [0.2, 0.25) is 0 Å². The summed E-state index contributed by atoms with van der Waals surface area (Å²) in [6.07, 6.45) is 0. The van der Waals surface area contributed by atoms with Gasteiger partial charge in [0.25, 0.3) is 11.1 Å². The SMILES string of the molecule is Cc1nc(C)c(-c2nnc(SCC(=O)NCc3ccccc3C)o2)s1. The van der Waals surface area contributed by atoms with Crippen molar-refractivity contribution < 1.29 is 9.21 Å². The molecule has 0 unspecified atom stereocenters. The first kappa shape index (κ1) is 17.6. The summed E-state index contributed by atoms with van der Waals surface area (Å²) in [4.78, 5) is 17.2. The number of rotatable bonds is 6. The zero-order chi connectivity index (χ0) is 17.8. The highest BCUT2D eigenvalue weighted by Gasteiger charge is 2.16. The van der Waals surface area contributed by atoms with E-state index in [0.717, 1.165) is 26.7 Å². The van der Waals surface area contributed by atoms with Crippen molar-refractivity contribution >= 4 is 29.0 Å². The highest BCUT2D eigenvalue weighted by atomic mass is 32.2. The predicted octanol–water partition coefficient (Wildman–Crippen LogP) is 3.53. The molecule has 0 aliphatic heterocycles. The number of nitrogens with zero attached hydrogens (tertiary/aromatic N) is 3. The van der Waals surface area contributed by atoms with Gasteiger partial charge in [-0.15, -0.1) is 21.5 Å². The van der Waals surface area contributed by atoms with E-state index in [4.69, 9.17) is 4.42 Å². The number of carbonyl (C=O) groups excluding carboxylic acids is 1. The Labute approximate surface area is 154 Å². The molecule has 0 radical (unpaired) electrons. The Hall–Kier alpha value is -2.19. The van der Waals surface area contributed by atoms with Crippen molar-refractivity contribution in [3.63, 3.8) is 0 Å². The number of nitrogens with one attached hydrogen (secondary N) is 1. The van der Waals surface area contributed by atoms with Crippen LogP contribution >= 0.6 is 23.1 Å². The second-order valence-corrected chi connectivity index (χ2v) is 7.64. The van der Waals surface area contributed by atoms with Crippen molar-refractivity contribution in [2.24, 2.45) is 0 Å². The van der Waals surface area contributed by atoms with Gasteiger partial charge in [0.1, 0.15) is 4.88 Å². The summed E-state index contributed by atoms with van der Waals surface area (Å²) in [6.45, 7) is 6.39. The molecule has 3 aromatic rings. The number of amides is 1. The molecular weight excluding hydrogens is 356 g/mol. The number of thioether (sulfide) groups is 1. The third-order valence-corrected chi connectivity index (χ3v) is 5.45. The normalized spacial score (nSPS) is 10.8. The molecule has 6 nitrogen and oxygen atoms in total. The first-order chi connectivity index (χ1) is 12.0. The van der Waals surface area contributed by atoms with Crippen LogP contribution < -0.4 is 5.32 Å². The molecule has 1 aromatic carbocycles. The Balaban J connectivity index is 1.53. The van der Waals surface area contributed by atoms with E-state index in [1.165, 1.54) is 23.1 Å². The Kier molecular flexibility index (Phi) is 5.50. The van der Waals surface area contributed by atoms with Gasteiger partial charge in [-0.25, -0.2) is 4.98 Å². The molecule has 0 bridgehead atoms. The van der Waals surface area contributed by atoms with Crippen molar-refractivity contribution in [3.05, 3.63) is 46.1 Å². The van der Waals surface area contributed by atoms with Gasteiger partial charge < -0.3 is 9.73 Å². The average molecular weight is 374 g/mol. The van der Waals surface area contributed by atoms with Crippen LogP contribution in [0.1, 0.15) is 21.8 Å². The highest BCUT2D eigenvalue weighted by Crippen LogP contribution is 2.30. The summed E-state index contributed by atoms with van der Waals surface area (Å²) in [5, 5.41) is 12.3. The van der Waals surface area contributed by atoms with E-state index in [2.05, 4.69) is 20.5 Å². The summed E-state index contributed by atoms with van der Waals surface area (Å²) >= 11 is 2.74. The third-order valence-electron chi connectivity index (χ3n) is 3.57. The zero-order valence-corrected chi connectivity index (χ0v) is 15.8. The van der Waals surface area contributed by atoms with E-state index in [-0.39, 0.29) is 11.7 Å². The van der Waals surface area contributed by atoms with E-state index in [0.29, 0.717) is 17.7 Å². The summed E-state index contributed by atoms with van der Waals surface area (Å²) < 4.78 is 5.63. The number of aryl methyl sites for hydroxylation is 3. The molecule has 0 atom stereocenters. The lowest BCUT2D eigenvalue weighted by atomic mass is 10.1. The van der Waals surface area contributed by atoms with Crippen LogP contribution in [0.5, 0.6) is 0 Å². The fourth-order valence-electron chi connectivity index (χ4n) is 2.27. The Bertz CT molecular complexity index is 888. The molecule has 0 fully saturated rings. The maximum Gasteiger partial charge on any atom is 0.277 e. The van der Waals surface area contributed by atoms with Gasteiger partial charge in [0.2, 0.25) is 5.91 Å². The summed E-state index contributed by atoms with van der Waals surface area (Å²) in [7, 11) is 0. The lowest BCUT2D eigenvalue weighted by Gasteiger charge is -2.06. The Morgan fingerprint density at radius 1 is 1.24 bits per heavy atom. The number of aromatic nitrogens is 3. The minimum absolute atomic E-state index is 0.0715. The summed E-state index contributed by atoms with van der Waals surface area (Å²) in [6, 6.07) is 7.98. The van der Waals surface area contributed by atoms with Crippen LogP contribution in [-0.2, 0) is 11.3 Å². The monoisotopic (exact) mass is 374 g/mol. The lowest BCUT2D eigenvalue weighted by molar-refractivity contribution is -0.118. The van der Waals surface area contributed by atoms with E-state index in [1.807, 2.05) is 45.0 Å². The van der Waals surface area contributed by atoms with Gasteiger partial charge in [0, 0.05) is 6.54 Å². The highest BCUT2D eigenvalue weighted by molar-refractivity contribution is 7.99. The van der Waals surface area contributed by atoms with Gasteiger partial charge in [0.15, 0.2) is 0 Å². The van der Waals surface area contributed by atoms with E-state index < -0.39 is 0 Å². The van der Waals surface area contributed by atoms with Gasteiger partial charge in [-0.1, -0.05) is 36.0 Å². The molecular formula is C17H18N4O2S2. The molecule has 0 spiro atoms. The van der Waals surface area contributed by atoms with Gasteiger partial charge in [-0.2, -0.15) is 0 Å². The van der Waals surface area contributed by atoms with E-state index in [9.17, 15) is 4.79 Å². The van der Waals surface area contributed by atoms with Crippen molar-refractivity contribution in [3.8, 4) is 10.8 Å². The molecule has 0 saturated carbocycles. The number of thiazole rings is 1.